The summed E-state index contributed by atoms with van der Waals surface area (Å²) in [5.41, 5.74) is -0.724. The summed E-state index contributed by atoms with van der Waals surface area (Å²) >= 11 is 0. The predicted octanol–water partition coefficient (Wildman–Crippen LogP) is -0.0211. The van der Waals surface area contributed by atoms with Crippen LogP contribution in [0.4, 0.5) is 0 Å². The second-order valence-corrected chi connectivity index (χ2v) is 5.78. The molecule has 0 aromatic carbocycles. The number of aliphatic hydroxyl groups is 1. The van der Waals surface area contributed by atoms with Crippen molar-refractivity contribution in [3.63, 3.8) is 0 Å². The Kier molecular flexibility index (Phi) is 4.52. The molecule has 82 valence electrons. The largest absolute Gasteiger partial charge is 0.396 e. The highest BCUT2D eigenvalue weighted by molar-refractivity contribution is 7.90. The second kappa shape index (κ2) is 4.73. The minimum Gasteiger partial charge on any atom is -0.396 e. The lowest BCUT2D eigenvalue weighted by Crippen LogP contribution is -2.47. The van der Waals surface area contributed by atoms with Crippen LogP contribution in [-0.2, 0) is 10.0 Å². The highest BCUT2D eigenvalue weighted by atomic mass is 32.2. The van der Waals surface area contributed by atoms with Crippen LogP contribution in [0.1, 0.15) is 27.2 Å². The van der Waals surface area contributed by atoms with Crippen molar-refractivity contribution in [1.29, 1.82) is 5.26 Å². The summed E-state index contributed by atoms with van der Waals surface area (Å²) in [6.07, 6.45) is 0.310. The first-order valence-corrected chi connectivity index (χ1v) is 5.83. The molecule has 0 aliphatic rings. The van der Waals surface area contributed by atoms with E-state index in [1.807, 2.05) is 0 Å². The highest BCUT2D eigenvalue weighted by Crippen LogP contribution is 2.11. The van der Waals surface area contributed by atoms with Crippen LogP contribution in [0.25, 0.3) is 0 Å². The van der Waals surface area contributed by atoms with Crippen LogP contribution in [0.2, 0.25) is 0 Å². The summed E-state index contributed by atoms with van der Waals surface area (Å²) in [5, 5.41) is 16.1. The van der Waals surface area contributed by atoms with Gasteiger partial charge in [-0.3, -0.25) is 0 Å². The Bertz CT molecular complexity index is 316. The average molecular weight is 220 g/mol. The number of hydrogen-bond acceptors (Lipinski definition) is 4. The smallest absolute Gasteiger partial charge is 0.228 e. The molecule has 6 heteroatoms. The van der Waals surface area contributed by atoms with Crippen LogP contribution in [0.3, 0.4) is 0 Å². The fraction of sp³-hybridized carbons (Fsp3) is 0.875. The quantitative estimate of drug-likeness (QED) is 0.681. The molecule has 0 heterocycles. The standard InChI is InChI=1S/C8H16N2O3S/c1-7(6-9)14(12,13)10-8(2,3)4-5-11/h7,10-11H,4-5H2,1-3H3. The molecule has 0 saturated carbocycles. The van der Waals surface area contributed by atoms with Crippen molar-refractivity contribution in [2.45, 2.75) is 38.0 Å². The van der Waals surface area contributed by atoms with Crippen molar-refractivity contribution < 1.29 is 13.5 Å². The van der Waals surface area contributed by atoms with Gasteiger partial charge in [0.2, 0.25) is 10.0 Å². The Labute approximate surface area is 84.8 Å². The van der Waals surface area contributed by atoms with Crippen molar-refractivity contribution in [1.82, 2.24) is 4.72 Å². The number of aliphatic hydroxyl groups excluding tert-OH is 1. The van der Waals surface area contributed by atoms with Crippen molar-refractivity contribution in [2.75, 3.05) is 6.61 Å². The summed E-state index contributed by atoms with van der Waals surface area (Å²) in [6.45, 7) is 4.53. The van der Waals surface area contributed by atoms with Crippen LogP contribution in [0, 0.1) is 11.3 Å². The van der Waals surface area contributed by atoms with Gasteiger partial charge in [0.1, 0.15) is 0 Å². The van der Waals surface area contributed by atoms with E-state index in [0.717, 1.165) is 0 Å². The van der Waals surface area contributed by atoms with E-state index in [1.165, 1.54) is 6.92 Å². The van der Waals surface area contributed by atoms with Gasteiger partial charge in [0.15, 0.2) is 5.25 Å². The van der Waals surface area contributed by atoms with Gasteiger partial charge in [-0.15, -0.1) is 0 Å². The molecule has 1 unspecified atom stereocenters. The van der Waals surface area contributed by atoms with E-state index in [2.05, 4.69) is 4.72 Å². The van der Waals surface area contributed by atoms with E-state index in [4.69, 9.17) is 10.4 Å². The minimum atomic E-state index is -3.61. The predicted molar refractivity (Wildman–Crippen MR) is 52.9 cm³/mol. The van der Waals surface area contributed by atoms with Crippen LogP contribution in [-0.4, -0.2) is 30.9 Å². The van der Waals surface area contributed by atoms with Crippen LogP contribution in [0.15, 0.2) is 0 Å². The SMILES string of the molecule is CC(C#N)S(=O)(=O)NC(C)(C)CCO. The van der Waals surface area contributed by atoms with Gasteiger partial charge < -0.3 is 5.11 Å². The molecular formula is C8H16N2O3S. The van der Waals surface area contributed by atoms with Gasteiger partial charge in [-0.05, 0) is 27.2 Å². The first-order chi connectivity index (χ1) is 6.25. The Hall–Kier alpha value is -0.640. The molecule has 0 aromatic rings. The molecule has 0 saturated heterocycles. The molecule has 0 spiro atoms. The van der Waals surface area contributed by atoms with Gasteiger partial charge in [-0.2, -0.15) is 5.26 Å². The molecule has 5 nitrogen and oxygen atoms in total. The monoisotopic (exact) mass is 220 g/mol. The molecule has 0 amide bonds. The number of rotatable bonds is 5. The lowest BCUT2D eigenvalue weighted by Gasteiger charge is -2.25. The molecule has 0 aliphatic heterocycles. The molecule has 0 fully saturated rings. The molecular weight excluding hydrogens is 204 g/mol. The summed E-state index contributed by atoms with van der Waals surface area (Å²) in [6, 6.07) is 1.66. The average Bonchev–Trinajstić information content (AvgIpc) is 2.00. The van der Waals surface area contributed by atoms with E-state index >= 15 is 0 Å². The van der Waals surface area contributed by atoms with Crippen LogP contribution >= 0.6 is 0 Å². The van der Waals surface area contributed by atoms with Crippen molar-refractivity contribution in [3.05, 3.63) is 0 Å². The molecule has 14 heavy (non-hydrogen) atoms. The number of nitriles is 1. The topological polar surface area (TPSA) is 90.2 Å². The van der Waals surface area contributed by atoms with Gasteiger partial charge in [0.25, 0.3) is 0 Å². The van der Waals surface area contributed by atoms with Crippen molar-refractivity contribution in [2.24, 2.45) is 0 Å². The van der Waals surface area contributed by atoms with E-state index in [1.54, 1.807) is 19.9 Å². The fourth-order valence-electron chi connectivity index (χ4n) is 0.873. The molecule has 0 radical (unpaired) electrons. The zero-order valence-corrected chi connectivity index (χ0v) is 9.43. The zero-order chi connectivity index (χ0) is 11.4. The Balaban J connectivity index is 4.61. The molecule has 0 bridgehead atoms. The van der Waals surface area contributed by atoms with Crippen molar-refractivity contribution in [3.8, 4) is 6.07 Å². The molecule has 2 N–H and O–H groups in total. The third-order valence-corrected chi connectivity index (χ3v) is 3.68. The number of nitrogens with one attached hydrogen (secondary N) is 1. The molecule has 1 atom stereocenters. The van der Waals surface area contributed by atoms with E-state index in [0.29, 0.717) is 6.42 Å². The summed E-state index contributed by atoms with van der Waals surface area (Å²) in [4.78, 5) is 0. The third-order valence-electron chi connectivity index (χ3n) is 1.80. The van der Waals surface area contributed by atoms with Gasteiger partial charge in [0.05, 0.1) is 6.07 Å². The fourth-order valence-corrected chi connectivity index (χ4v) is 2.06. The van der Waals surface area contributed by atoms with E-state index < -0.39 is 20.8 Å². The van der Waals surface area contributed by atoms with Crippen molar-refractivity contribution >= 4 is 10.0 Å². The number of sulfonamides is 1. The first kappa shape index (κ1) is 13.4. The maximum atomic E-state index is 11.4. The lowest BCUT2D eigenvalue weighted by molar-refractivity contribution is 0.245. The number of nitrogens with zero attached hydrogens (tertiary/aromatic N) is 1. The maximum absolute atomic E-state index is 11.4. The normalized spacial score (nSPS) is 14.8. The van der Waals surface area contributed by atoms with Crippen LogP contribution in [0.5, 0.6) is 0 Å². The maximum Gasteiger partial charge on any atom is 0.228 e. The molecule has 0 rings (SSSR count). The van der Waals surface area contributed by atoms with Gasteiger partial charge >= 0.3 is 0 Å². The summed E-state index contributed by atoms with van der Waals surface area (Å²) in [7, 11) is -3.61. The van der Waals surface area contributed by atoms with Crippen LogP contribution < -0.4 is 4.72 Å². The summed E-state index contributed by atoms with van der Waals surface area (Å²) < 4.78 is 25.2. The Morgan fingerprint density at radius 3 is 2.43 bits per heavy atom. The summed E-state index contributed by atoms with van der Waals surface area (Å²) in [5.74, 6) is 0. The number of hydrogen-bond donors (Lipinski definition) is 2. The third kappa shape index (κ3) is 4.05. The second-order valence-electron chi connectivity index (χ2n) is 3.78. The minimum absolute atomic E-state index is 0.101. The zero-order valence-electron chi connectivity index (χ0n) is 8.61. The lowest BCUT2D eigenvalue weighted by atomic mass is 10.0. The van der Waals surface area contributed by atoms with Gasteiger partial charge in [-0.1, -0.05) is 0 Å². The molecule has 0 aromatic heterocycles. The van der Waals surface area contributed by atoms with E-state index in [9.17, 15) is 8.42 Å². The highest BCUT2D eigenvalue weighted by Gasteiger charge is 2.28. The van der Waals surface area contributed by atoms with Gasteiger partial charge in [-0.25, -0.2) is 13.1 Å². The Morgan fingerprint density at radius 2 is 2.07 bits per heavy atom. The van der Waals surface area contributed by atoms with Gasteiger partial charge in [0, 0.05) is 12.1 Å². The Morgan fingerprint density at radius 1 is 1.57 bits per heavy atom. The first-order valence-electron chi connectivity index (χ1n) is 4.28. The molecule has 0 aliphatic carbocycles. The van der Waals surface area contributed by atoms with E-state index in [-0.39, 0.29) is 6.61 Å².